The molecule has 28 heavy (non-hydrogen) atoms. The highest BCUT2D eigenvalue weighted by Crippen LogP contribution is 2.24. The predicted molar refractivity (Wildman–Crippen MR) is 113 cm³/mol. The Labute approximate surface area is 166 Å². The van der Waals surface area contributed by atoms with E-state index in [-0.39, 0.29) is 5.91 Å². The highest BCUT2D eigenvalue weighted by atomic mass is 16.5. The molecule has 0 spiro atoms. The lowest BCUT2D eigenvalue weighted by molar-refractivity contribution is 0.102. The Hall–Kier alpha value is -3.14. The van der Waals surface area contributed by atoms with Gasteiger partial charge in [0.1, 0.15) is 11.3 Å². The first-order chi connectivity index (χ1) is 13.6. The van der Waals surface area contributed by atoms with Crippen molar-refractivity contribution in [2.75, 3.05) is 11.9 Å². The number of benzene rings is 2. The van der Waals surface area contributed by atoms with Crippen LogP contribution in [-0.2, 0) is 6.42 Å². The SMILES string of the molecule is Cc1cc(OCCCCc2ccccc2)c(C(=O)Nc2ccccc2)c(C)n1. The minimum absolute atomic E-state index is 0.199. The molecule has 2 aromatic carbocycles. The fourth-order valence-corrected chi connectivity index (χ4v) is 3.16. The number of para-hydroxylation sites is 1. The summed E-state index contributed by atoms with van der Waals surface area (Å²) >= 11 is 0. The minimum Gasteiger partial charge on any atom is -0.493 e. The first-order valence-corrected chi connectivity index (χ1v) is 9.65. The highest BCUT2D eigenvalue weighted by Gasteiger charge is 2.18. The number of ether oxygens (including phenoxy) is 1. The fraction of sp³-hybridized carbons (Fsp3) is 0.250. The van der Waals surface area contributed by atoms with Crippen molar-refractivity contribution in [3.8, 4) is 5.75 Å². The van der Waals surface area contributed by atoms with Gasteiger partial charge in [0.25, 0.3) is 5.91 Å². The van der Waals surface area contributed by atoms with Gasteiger partial charge in [0.05, 0.1) is 12.3 Å². The average molecular weight is 374 g/mol. The topological polar surface area (TPSA) is 51.2 Å². The van der Waals surface area contributed by atoms with Crippen LogP contribution in [0.2, 0.25) is 0 Å². The Bertz CT molecular complexity index is 909. The van der Waals surface area contributed by atoms with Crippen molar-refractivity contribution in [3.05, 3.63) is 89.2 Å². The number of rotatable bonds is 8. The Morgan fingerprint density at radius 1 is 0.964 bits per heavy atom. The summed E-state index contributed by atoms with van der Waals surface area (Å²) in [4.78, 5) is 17.2. The Balaban J connectivity index is 1.62. The summed E-state index contributed by atoms with van der Waals surface area (Å²) in [7, 11) is 0. The van der Waals surface area contributed by atoms with Crippen molar-refractivity contribution < 1.29 is 9.53 Å². The number of carbonyl (C=O) groups excluding carboxylic acids is 1. The van der Waals surface area contributed by atoms with E-state index in [0.717, 1.165) is 30.6 Å². The van der Waals surface area contributed by atoms with Gasteiger partial charge < -0.3 is 10.1 Å². The van der Waals surface area contributed by atoms with Crippen molar-refractivity contribution in [2.45, 2.75) is 33.1 Å². The standard InChI is InChI=1S/C24H26N2O2/c1-18-17-22(28-16-10-9-13-20-11-5-3-6-12-20)23(19(2)25-18)24(27)26-21-14-7-4-8-15-21/h3-8,11-12,14-15,17H,9-10,13,16H2,1-2H3,(H,26,27). The quantitative estimate of drug-likeness (QED) is 0.541. The summed E-state index contributed by atoms with van der Waals surface area (Å²) in [5.41, 5.74) is 4.10. The summed E-state index contributed by atoms with van der Waals surface area (Å²) in [5.74, 6) is 0.397. The molecule has 4 nitrogen and oxygen atoms in total. The molecule has 0 fully saturated rings. The molecule has 0 unspecified atom stereocenters. The summed E-state index contributed by atoms with van der Waals surface area (Å²) in [6.07, 6.45) is 2.99. The molecule has 0 radical (unpaired) electrons. The van der Waals surface area contributed by atoms with E-state index in [9.17, 15) is 4.79 Å². The third-order valence-electron chi connectivity index (χ3n) is 4.51. The molecule has 3 rings (SSSR count). The van der Waals surface area contributed by atoms with Gasteiger partial charge in [-0.1, -0.05) is 48.5 Å². The van der Waals surface area contributed by atoms with Crippen LogP contribution in [0.5, 0.6) is 5.75 Å². The van der Waals surface area contributed by atoms with Crippen LogP contribution in [0.15, 0.2) is 66.7 Å². The second-order valence-corrected chi connectivity index (χ2v) is 6.83. The van der Waals surface area contributed by atoms with Gasteiger partial charge in [-0.25, -0.2) is 0 Å². The van der Waals surface area contributed by atoms with Gasteiger partial charge in [-0.05, 0) is 50.8 Å². The first kappa shape index (κ1) is 19.6. The minimum atomic E-state index is -0.199. The molecule has 0 aliphatic carbocycles. The van der Waals surface area contributed by atoms with Crippen molar-refractivity contribution >= 4 is 11.6 Å². The molecule has 0 aliphatic rings. The zero-order valence-electron chi connectivity index (χ0n) is 16.4. The van der Waals surface area contributed by atoms with E-state index >= 15 is 0 Å². The average Bonchev–Trinajstić information content (AvgIpc) is 2.68. The lowest BCUT2D eigenvalue weighted by Gasteiger charge is -2.14. The van der Waals surface area contributed by atoms with Gasteiger partial charge in [0, 0.05) is 17.4 Å². The van der Waals surface area contributed by atoms with Crippen LogP contribution >= 0.6 is 0 Å². The van der Waals surface area contributed by atoms with Gasteiger partial charge in [-0.15, -0.1) is 0 Å². The van der Waals surface area contributed by atoms with Gasteiger partial charge in [0.2, 0.25) is 0 Å². The first-order valence-electron chi connectivity index (χ1n) is 9.65. The Kier molecular flexibility index (Phi) is 6.79. The molecule has 1 N–H and O–H groups in total. The van der Waals surface area contributed by atoms with E-state index in [2.05, 4.69) is 34.6 Å². The number of amides is 1. The van der Waals surface area contributed by atoms with E-state index in [0.29, 0.717) is 23.6 Å². The predicted octanol–water partition coefficient (Wildman–Crippen LogP) is 5.35. The summed E-state index contributed by atoms with van der Waals surface area (Å²) < 4.78 is 5.99. The van der Waals surface area contributed by atoms with Crippen LogP contribution in [0.3, 0.4) is 0 Å². The zero-order chi connectivity index (χ0) is 19.8. The van der Waals surface area contributed by atoms with E-state index in [1.165, 1.54) is 5.56 Å². The van der Waals surface area contributed by atoms with Crippen LogP contribution in [0.25, 0.3) is 0 Å². The molecule has 0 bridgehead atoms. The number of anilines is 1. The molecule has 4 heteroatoms. The molecule has 1 amide bonds. The lowest BCUT2D eigenvalue weighted by Crippen LogP contribution is -2.16. The maximum absolute atomic E-state index is 12.8. The number of nitrogens with zero attached hydrogens (tertiary/aromatic N) is 1. The molecule has 0 aliphatic heterocycles. The van der Waals surface area contributed by atoms with Crippen molar-refractivity contribution in [2.24, 2.45) is 0 Å². The monoisotopic (exact) mass is 374 g/mol. The van der Waals surface area contributed by atoms with Crippen LogP contribution in [0, 0.1) is 13.8 Å². The van der Waals surface area contributed by atoms with Gasteiger partial charge in [0.15, 0.2) is 0 Å². The third kappa shape index (κ3) is 5.43. The van der Waals surface area contributed by atoms with Gasteiger partial charge in [-0.3, -0.25) is 9.78 Å². The van der Waals surface area contributed by atoms with Crippen molar-refractivity contribution in [1.82, 2.24) is 4.98 Å². The van der Waals surface area contributed by atoms with Crippen LogP contribution < -0.4 is 10.1 Å². The summed E-state index contributed by atoms with van der Waals surface area (Å²) in [6.45, 7) is 4.32. The molecular formula is C24H26N2O2. The smallest absolute Gasteiger partial charge is 0.261 e. The lowest BCUT2D eigenvalue weighted by atomic mass is 10.1. The molecule has 1 heterocycles. The summed E-state index contributed by atoms with van der Waals surface area (Å²) in [6, 6.07) is 21.7. The van der Waals surface area contributed by atoms with Gasteiger partial charge in [-0.2, -0.15) is 0 Å². The molecule has 0 saturated heterocycles. The third-order valence-corrected chi connectivity index (χ3v) is 4.51. The molecule has 0 saturated carbocycles. The molecule has 0 atom stereocenters. The number of aromatic nitrogens is 1. The fourth-order valence-electron chi connectivity index (χ4n) is 3.16. The normalized spacial score (nSPS) is 10.5. The Morgan fingerprint density at radius 3 is 2.36 bits per heavy atom. The largest absolute Gasteiger partial charge is 0.493 e. The van der Waals surface area contributed by atoms with E-state index in [1.54, 1.807) is 0 Å². The number of pyridine rings is 1. The van der Waals surface area contributed by atoms with Gasteiger partial charge >= 0.3 is 0 Å². The maximum atomic E-state index is 12.8. The van der Waals surface area contributed by atoms with Crippen LogP contribution in [0.4, 0.5) is 5.69 Å². The number of carbonyl (C=O) groups is 1. The molecule has 144 valence electrons. The van der Waals surface area contributed by atoms with E-state index < -0.39 is 0 Å². The van der Waals surface area contributed by atoms with Crippen molar-refractivity contribution in [1.29, 1.82) is 0 Å². The number of nitrogens with one attached hydrogen (secondary N) is 1. The van der Waals surface area contributed by atoms with E-state index in [4.69, 9.17) is 4.74 Å². The maximum Gasteiger partial charge on any atom is 0.261 e. The van der Waals surface area contributed by atoms with Crippen LogP contribution in [-0.4, -0.2) is 17.5 Å². The molecular weight excluding hydrogens is 348 g/mol. The summed E-state index contributed by atoms with van der Waals surface area (Å²) in [5, 5.41) is 2.92. The molecule has 1 aromatic heterocycles. The van der Waals surface area contributed by atoms with Crippen LogP contribution in [0.1, 0.15) is 40.2 Å². The highest BCUT2D eigenvalue weighted by molar-refractivity contribution is 6.07. The number of hydrogen-bond acceptors (Lipinski definition) is 3. The van der Waals surface area contributed by atoms with E-state index in [1.807, 2.05) is 56.3 Å². The number of unbranched alkanes of at least 4 members (excludes halogenated alkanes) is 1. The molecule has 3 aromatic rings. The number of aryl methyl sites for hydroxylation is 3. The Morgan fingerprint density at radius 2 is 1.64 bits per heavy atom. The zero-order valence-corrected chi connectivity index (χ0v) is 16.4. The second kappa shape index (κ2) is 9.70. The van der Waals surface area contributed by atoms with Crippen molar-refractivity contribution in [3.63, 3.8) is 0 Å². The number of hydrogen-bond donors (Lipinski definition) is 1. The second-order valence-electron chi connectivity index (χ2n) is 6.83.